The predicted octanol–water partition coefficient (Wildman–Crippen LogP) is 5.68. The molecule has 2 heterocycles. The van der Waals surface area contributed by atoms with Gasteiger partial charge in [-0.05, 0) is 23.8 Å². The summed E-state index contributed by atoms with van der Waals surface area (Å²) in [4.78, 5) is 18.5. The Balaban J connectivity index is 1.70. The summed E-state index contributed by atoms with van der Waals surface area (Å²) >= 11 is 0. The van der Waals surface area contributed by atoms with Gasteiger partial charge in [0.25, 0.3) is 0 Å². The summed E-state index contributed by atoms with van der Waals surface area (Å²) in [5.41, 5.74) is 4.46. The maximum absolute atomic E-state index is 13.8. The molecule has 170 valence electrons. The van der Waals surface area contributed by atoms with Crippen LogP contribution >= 0.6 is 0 Å². The molecule has 1 aliphatic rings. The van der Waals surface area contributed by atoms with Crippen LogP contribution < -0.4 is 14.2 Å². The number of carbonyl (C=O) groups is 1. The minimum Gasteiger partial charge on any atom is -0.496 e. The van der Waals surface area contributed by atoms with E-state index in [2.05, 4.69) is 0 Å². The summed E-state index contributed by atoms with van der Waals surface area (Å²) in [5.74, 6) is 1.58. The average Bonchev–Trinajstić information content (AvgIpc) is 2.89. The van der Waals surface area contributed by atoms with Crippen LogP contribution in [0.1, 0.15) is 21.6 Å². The van der Waals surface area contributed by atoms with Gasteiger partial charge in [-0.25, -0.2) is 4.98 Å². The molecule has 0 N–H and O–H groups in total. The normalized spacial score (nSPS) is 14.0. The molecule has 0 radical (unpaired) electrons. The van der Waals surface area contributed by atoms with Crippen LogP contribution in [0.15, 0.2) is 72.5 Å². The number of methoxy groups -OCH3 is 3. The van der Waals surface area contributed by atoms with Crippen molar-refractivity contribution < 1.29 is 23.7 Å². The number of ketones is 1. The zero-order valence-corrected chi connectivity index (χ0v) is 19.1. The molecular weight excluding hydrogens is 430 g/mol. The number of benzene rings is 3. The van der Waals surface area contributed by atoms with Gasteiger partial charge in [-0.2, -0.15) is 0 Å². The third-order valence-corrected chi connectivity index (χ3v) is 5.87. The second-order valence-corrected chi connectivity index (χ2v) is 7.77. The molecule has 6 nitrogen and oxygen atoms in total. The lowest BCUT2D eigenvalue weighted by Crippen LogP contribution is -2.19. The van der Waals surface area contributed by atoms with Crippen LogP contribution in [-0.4, -0.2) is 32.1 Å². The van der Waals surface area contributed by atoms with Crippen LogP contribution in [0.5, 0.6) is 17.2 Å². The number of nitrogens with zero attached hydrogens (tertiary/aromatic N) is 1. The highest BCUT2D eigenvalue weighted by atomic mass is 16.5. The second-order valence-electron chi connectivity index (χ2n) is 7.77. The minimum absolute atomic E-state index is 0.188. The Bertz CT molecular complexity index is 1430. The monoisotopic (exact) mass is 453 g/mol. The fraction of sp³-hybridized carbons (Fsp3) is 0.143. The van der Waals surface area contributed by atoms with Crippen LogP contribution in [0, 0.1) is 0 Å². The molecule has 34 heavy (non-hydrogen) atoms. The van der Waals surface area contributed by atoms with Gasteiger partial charge in [0.1, 0.15) is 12.4 Å². The van der Waals surface area contributed by atoms with Gasteiger partial charge in [0.15, 0.2) is 17.3 Å². The number of pyridine rings is 1. The summed E-state index contributed by atoms with van der Waals surface area (Å²) in [6.45, 7) is 0.188. The largest absolute Gasteiger partial charge is 0.496 e. The Kier molecular flexibility index (Phi) is 5.64. The highest BCUT2D eigenvalue weighted by Crippen LogP contribution is 2.39. The second kappa shape index (κ2) is 8.90. The lowest BCUT2D eigenvalue weighted by molar-refractivity contribution is 0.0867. The van der Waals surface area contributed by atoms with Crippen molar-refractivity contribution in [3.63, 3.8) is 0 Å². The maximum atomic E-state index is 13.8. The van der Waals surface area contributed by atoms with Gasteiger partial charge in [-0.3, -0.25) is 4.79 Å². The van der Waals surface area contributed by atoms with Crippen molar-refractivity contribution in [2.24, 2.45) is 0 Å². The first kappa shape index (κ1) is 21.5. The van der Waals surface area contributed by atoms with Gasteiger partial charge in [0, 0.05) is 22.6 Å². The van der Waals surface area contributed by atoms with Crippen molar-refractivity contribution in [1.82, 2.24) is 4.98 Å². The molecule has 1 aliphatic heterocycles. The van der Waals surface area contributed by atoms with E-state index in [0.717, 1.165) is 22.0 Å². The Morgan fingerprint density at radius 3 is 2.24 bits per heavy atom. The van der Waals surface area contributed by atoms with Crippen LogP contribution in [0.3, 0.4) is 0 Å². The Morgan fingerprint density at radius 2 is 1.50 bits per heavy atom. The summed E-state index contributed by atoms with van der Waals surface area (Å²) in [5, 5.41) is 0.922. The predicted molar refractivity (Wildman–Crippen MR) is 130 cm³/mol. The number of hydrogen-bond donors (Lipinski definition) is 0. The van der Waals surface area contributed by atoms with Crippen molar-refractivity contribution in [2.75, 3.05) is 21.3 Å². The maximum Gasteiger partial charge on any atom is 0.230 e. The summed E-state index contributed by atoms with van der Waals surface area (Å²) in [7, 11) is 4.68. The molecule has 3 aromatic carbocycles. The van der Waals surface area contributed by atoms with Crippen molar-refractivity contribution >= 4 is 22.8 Å². The van der Waals surface area contributed by atoms with E-state index in [1.165, 1.54) is 0 Å². The quantitative estimate of drug-likeness (QED) is 0.362. The summed E-state index contributed by atoms with van der Waals surface area (Å²) < 4.78 is 22.2. The van der Waals surface area contributed by atoms with E-state index in [1.54, 1.807) is 39.5 Å². The highest BCUT2D eigenvalue weighted by molar-refractivity contribution is 6.18. The SMILES string of the molecule is COc1cc(OC)c(OC)cc1/C=C1\OCc2nc3ccccc3c(-c3ccccc3)c2C1=O. The number of aromatic nitrogens is 1. The van der Waals surface area contributed by atoms with E-state index >= 15 is 0 Å². The number of Topliss-reactive ketones (excluding diaryl/α,β-unsaturated/α-hetero) is 1. The Labute approximate surface area is 197 Å². The third-order valence-electron chi connectivity index (χ3n) is 5.87. The first-order valence-electron chi connectivity index (χ1n) is 10.8. The molecular formula is C28H23NO5. The number of carbonyl (C=O) groups excluding carboxylic acids is 1. The van der Waals surface area contributed by atoms with Crippen LogP contribution in [0.4, 0.5) is 0 Å². The summed E-state index contributed by atoms with van der Waals surface area (Å²) in [6, 6.07) is 21.2. The number of ether oxygens (including phenoxy) is 4. The molecule has 0 amide bonds. The summed E-state index contributed by atoms with van der Waals surface area (Å²) in [6.07, 6.45) is 1.68. The van der Waals surface area contributed by atoms with Gasteiger partial charge >= 0.3 is 0 Å². The molecule has 0 atom stereocenters. The van der Waals surface area contributed by atoms with E-state index in [4.69, 9.17) is 23.9 Å². The highest BCUT2D eigenvalue weighted by Gasteiger charge is 2.30. The molecule has 0 bridgehead atoms. The third kappa shape index (κ3) is 3.63. The smallest absolute Gasteiger partial charge is 0.230 e. The number of rotatable bonds is 5. The zero-order valence-electron chi connectivity index (χ0n) is 19.1. The fourth-order valence-electron chi connectivity index (χ4n) is 4.27. The first-order valence-corrected chi connectivity index (χ1v) is 10.8. The van der Waals surface area contributed by atoms with Crippen molar-refractivity contribution in [2.45, 2.75) is 6.61 Å². The molecule has 0 spiro atoms. The van der Waals surface area contributed by atoms with E-state index in [-0.39, 0.29) is 18.1 Å². The van der Waals surface area contributed by atoms with E-state index in [9.17, 15) is 4.79 Å². The van der Waals surface area contributed by atoms with E-state index < -0.39 is 0 Å². The lowest BCUT2D eigenvalue weighted by Gasteiger charge is -2.23. The van der Waals surface area contributed by atoms with Crippen LogP contribution in [0.2, 0.25) is 0 Å². The van der Waals surface area contributed by atoms with E-state index in [0.29, 0.717) is 34.1 Å². The number of para-hydroxylation sites is 1. The molecule has 6 heteroatoms. The molecule has 0 unspecified atom stereocenters. The molecule has 0 aliphatic carbocycles. The van der Waals surface area contributed by atoms with Gasteiger partial charge in [-0.15, -0.1) is 0 Å². The molecule has 0 saturated carbocycles. The van der Waals surface area contributed by atoms with Gasteiger partial charge in [0.05, 0.1) is 38.1 Å². The van der Waals surface area contributed by atoms with Gasteiger partial charge < -0.3 is 18.9 Å². The van der Waals surface area contributed by atoms with Gasteiger partial charge in [0.2, 0.25) is 5.78 Å². The Hall–Kier alpha value is -4.32. The fourth-order valence-corrected chi connectivity index (χ4v) is 4.27. The molecule has 0 fully saturated rings. The van der Waals surface area contributed by atoms with Crippen molar-refractivity contribution in [3.8, 4) is 28.4 Å². The van der Waals surface area contributed by atoms with E-state index in [1.807, 2.05) is 54.6 Å². The zero-order chi connectivity index (χ0) is 23.7. The minimum atomic E-state index is -0.227. The van der Waals surface area contributed by atoms with Gasteiger partial charge in [-0.1, -0.05) is 48.5 Å². The molecule has 4 aromatic rings. The average molecular weight is 453 g/mol. The molecule has 5 rings (SSSR count). The van der Waals surface area contributed by atoms with Crippen LogP contribution in [0.25, 0.3) is 28.1 Å². The number of fused-ring (bicyclic) bond motifs is 2. The van der Waals surface area contributed by atoms with Crippen LogP contribution in [-0.2, 0) is 11.3 Å². The number of allylic oxidation sites excluding steroid dienone is 1. The topological polar surface area (TPSA) is 66.9 Å². The Morgan fingerprint density at radius 1 is 0.824 bits per heavy atom. The first-order chi connectivity index (χ1) is 16.6. The lowest BCUT2D eigenvalue weighted by atomic mass is 9.90. The van der Waals surface area contributed by atoms with Crippen molar-refractivity contribution in [1.29, 1.82) is 0 Å². The molecule has 1 aromatic heterocycles. The standard InChI is InChI=1S/C28H23NO5/c1-31-22-15-24(33-3)23(32-2)13-18(22)14-25-28(30)27-21(16-34-25)29-20-12-8-7-11-19(20)26(27)17-9-5-4-6-10-17/h4-15H,16H2,1-3H3/b25-14-. The van der Waals surface area contributed by atoms with Crippen molar-refractivity contribution in [3.05, 3.63) is 89.3 Å². The number of hydrogen-bond acceptors (Lipinski definition) is 6. The molecule has 0 saturated heterocycles.